The molecular formula is C13H16F2N2O3. The van der Waals surface area contributed by atoms with Gasteiger partial charge in [0.05, 0.1) is 18.7 Å². The van der Waals surface area contributed by atoms with Crippen LogP contribution in [-0.2, 0) is 9.53 Å². The lowest BCUT2D eigenvalue weighted by molar-refractivity contribution is -0.117. The van der Waals surface area contributed by atoms with E-state index >= 15 is 0 Å². The molecule has 0 bridgehead atoms. The summed E-state index contributed by atoms with van der Waals surface area (Å²) < 4.78 is 28.3. The maximum Gasteiger partial charge on any atom is 0.261 e. The zero-order valence-electron chi connectivity index (χ0n) is 11.0. The Morgan fingerprint density at radius 2 is 2.15 bits per heavy atom. The first-order valence-electron chi connectivity index (χ1n) is 5.98. The molecule has 0 aliphatic rings. The molecule has 20 heavy (non-hydrogen) atoms. The summed E-state index contributed by atoms with van der Waals surface area (Å²) in [5.41, 5.74) is 1.42. The van der Waals surface area contributed by atoms with Crippen LogP contribution in [0.25, 0.3) is 0 Å². The van der Waals surface area contributed by atoms with Gasteiger partial charge >= 0.3 is 0 Å². The van der Waals surface area contributed by atoms with E-state index in [0.29, 0.717) is 17.0 Å². The van der Waals surface area contributed by atoms with Gasteiger partial charge in [0.1, 0.15) is 6.61 Å². The Hall–Kier alpha value is -2.02. The SMILES string of the molecule is C/C(=N/O)c1ccccc1NC(=O)CCOCC(F)F. The molecule has 1 aromatic carbocycles. The van der Waals surface area contributed by atoms with E-state index < -0.39 is 13.0 Å². The highest BCUT2D eigenvalue weighted by Gasteiger charge is 2.09. The zero-order chi connectivity index (χ0) is 15.0. The van der Waals surface area contributed by atoms with Crippen molar-refractivity contribution in [3.63, 3.8) is 0 Å². The molecule has 2 N–H and O–H groups in total. The lowest BCUT2D eigenvalue weighted by atomic mass is 10.1. The van der Waals surface area contributed by atoms with Gasteiger partial charge in [-0.05, 0) is 13.0 Å². The molecule has 0 unspecified atom stereocenters. The van der Waals surface area contributed by atoms with Crippen molar-refractivity contribution in [1.82, 2.24) is 0 Å². The van der Waals surface area contributed by atoms with Crippen LogP contribution >= 0.6 is 0 Å². The van der Waals surface area contributed by atoms with Crippen molar-refractivity contribution in [2.45, 2.75) is 19.8 Å². The van der Waals surface area contributed by atoms with Crippen molar-refractivity contribution < 1.29 is 23.5 Å². The highest BCUT2D eigenvalue weighted by atomic mass is 19.3. The minimum atomic E-state index is -2.54. The lowest BCUT2D eigenvalue weighted by Gasteiger charge is -2.10. The maximum atomic E-state index is 11.8. The van der Waals surface area contributed by atoms with Gasteiger partial charge in [-0.1, -0.05) is 23.4 Å². The smallest absolute Gasteiger partial charge is 0.261 e. The van der Waals surface area contributed by atoms with Crippen LogP contribution in [0.4, 0.5) is 14.5 Å². The average Bonchev–Trinajstić information content (AvgIpc) is 2.43. The summed E-state index contributed by atoms with van der Waals surface area (Å²) in [7, 11) is 0. The molecule has 1 amide bonds. The predicted octanol–water partition coefficient (Wildman–Crippen LogP) is 2.50. The number of halogens is 2. The van der Waals surface area contributed by atoms with Gasteiger partial charge in [-0.25, -0.2) is 8.78 Å². The van der Waals surface area contributed by atoms with Gasteiger partial charge < -0.3 is 15.3 Å². The molecular weight excluding hydrogens is 270 g/mol. The molecule has 0 heterocycles. The van der Waals surface area contributed by atoms with Gasteiger partial charge in [-0.3, -0.25) is 4.79 Å². The van der Waals surface area contributed by atoms with Crippen LogP contribution in [-0.4, -0.2) is 36.5 Å². The van der Waals surface area contributed by atoms with E-state index in [4.69, 9.17) is 5.21 Å². The number of rotatable bonds is 7. The van der Waals surface area contributed by atoms with Gasteiger partial charge in [-0.15, -0.1) is 0 Å². The van der Waals surface area contributed by atoms with E-state index in [-0.39, 0.29) is 18.9 Å². The molecule has 0 radical (unpaired) electrons. The van der Waals surface area contributed by atoms with Crippen molar-refractivity contribution in [2.75, 3.05) is 18.5 Å². The van der Waals surface area contributed by atoms with Gasteiger partial charge in [0, 0.05) is 11.3 Å². The van der Waals surface area contributed by atoms with Gasteiger partial charge in [-0.2, -0.15) is 0 Å². The fourth-order valence-corrected chi connectivity index (χ4v) is 1.51. The van der Waals surface area contributed by atoms with E-state index in [1.807, 2.05) is 0 Å². The molecule has 7 heteroatoms. The summed E-state index contributed by atoms with van der Waals surface area (Å²) >= 11 is 0. The number of hydrogen-bond acceptors (Lipinski definition) is 4. The lowest BCUT2D eigenvalue weighted by Crippen LogP contribution is -2.17. The van der Waals surface area contributed by atoms with Gasteiger partial charge in [0.2, 0.25) is 5.91 Å². The fourth-order valence-electron chi connectivity index (χ4n) is 1.51. The number of amides is 1. The number of benzene rings is 1. The standard InChI is InChI=1S/C13H16F2N2O3/c1-9(17-19)10-4-2-3-5-11(10)16-13(18)6-7-20-8-12(14)15/h2-5,12,19H,6-8H2,1H3,(H,16,18)/b17-9-. The minimum absolute atomic E-state index is 0.0314. The number of hydrogen-bond donors (Lipinski definition) is 2. The fraction of sp³-hybridized carbons (Fsp3) is 0.385. The van der Waals surface area contributed by atoms with Crippen molar-refractivity contribution in [1.29, 1.82) is 0 Å². The topological polar surface area (TPSA) is 70.9 Å². The van der Waals surface area contributed by atoms with Crippen LogP contribution in [0.15, 0.2) is 29.4 Å². The van der Waals surface area contributed by atoms with Crippen molar-refractivity contribution in [2.24, 2.45) is 5.16 Å². The number of carbonyl (C=O) groups excluding carboxylic acids is 1. The molecule has 5 nitrogen and oxygen atoms in total. The predicted molar refractivity (Wildman–Crippen MR) is 70.5 cm³/mol. The number of oxime groups is 1. The van der Waals surface area contributed by atoms with Gasteiger partial charge in [0.25, 0.3) is 6.43 Å². The third kappa shape index (κ3) is 5.31. The average molecular weight is 286 g/mol. The van der Waals surface area contributed by atoms with E-state index in [2.05, 4.69) is 15.2 Å². The molecule has 110 valence electrons. The molecule has 0 saturated carbocycles. The Kier molecular flexibility index (Phi) is 6.58. The third-order valence-corrected chi connectivity index (χ3v) is 2.46. The number of anilines is 1. The van der Waals surface area contributed by atoms with Crippen molar-refractivity contribution >= 4 is 17.3 Å². The zero-order valence-corrected chi connectivity index (χ0v) is 11.0. The number of para-hydroxylation sites is 1. The molecule has 0 aliphatic carbocycles. The number of ether oxygens (including phenoxy) is 1. The number of nitrogens with one attached hydrogen (secondary N) is 1. The first kappa shape index (κ1) is 16.0. The molecule has 0 saturated heterocycles. The second-order valence-electron chi connectivity index (χ2n) is 4.00. The number of nitrogens with zero attached hydrogens (tertiary/aromatic N) is 1. The van der Waals surface area contributed by atoms with Crippen LogP contribution < -0.4 is 5.32 Å². The second-order valence-corrected chi connectivity index (χ2v) is 4.00. The molecule has 1 aromatic rings. The summed E-state index contributed by atoms with van der Waals surface area (Å²) in [5.74, 6) is -0.363. The van der Waals surface area contributed by atoms with Crippen molar-refractivity contribution in [3.05, 3.63) is 29.8 Å². The quantitative estimate of drug-likeness (QED) is 0.350. The first-order valence-corrected chi connectivity index (χ1v) is 5.98. The van der Waals surface area contributed by atoms with E-state index in [1.54, 1.807) is 31.2 Å². The van der Waals surface area contributed by atoms with Crippen LogP contribution in [0.3, 0.4) is 0 Å². The Morgan fingerprint density at radius 1 is 1.45 bits per heavy atom. The van der Waals surface area contributed by atoms with Crippen LogP contribution in [0.1, 0.15) is 18.9 Å². The first-order chi connectivity index (χ1) is 9.54. The molecule has 0 fully saturated rings. The third-order valence-electron chi connectivity index (χ3n) is 2.46. The Bertz CT molecular complexity index is 478. The van der Waals surface area contributed by atoms with E-state index in [1.165, 1.54) is 0 Å². The summed E-state index contributed by atoms with van der Waals surface area (Å²) in [6.07, 6.45) is -2.57. The van der Waals surface area contributed by atoms with E-state index in [0.717, 1.165) is 0 Å². The van der Waals surface area contributed by atoms with Gasteiger partial charge in [0.15, 0.2) is 0 Å². The monoisotopic (exact) mass is 286 g/mol. The number of carbonyl (C=O) groups is 1. The maximum absolute atomic E-state index is 11.8. The Balaban J connectivity index is 2.54. The normalized spacial score (nSPS) is 11.7. The summed E-state index contributed by atoms with van der Waals surface area (Å²) in [4.78, 5) is 11.6. The van der Waals surface area contributed by atoms with E-state index in [9.17, 15) is 13.6 Å². The highest BCUT2D eigenvalue weighted by Crippen LogP contribution is 2.16. The second kappa shape index (κ2) is 8.21. The molecule has 0 aliphatic heterocycles. The molecule has 1 rings (SSSR count). The summed E-state index contributed by atoms with van der Waals surface area (Å²) in [6, 6.07) is 6.81. The summed E-state index contributed by atoms with van der Waals surface area (Å²) in [5, 5.41) is 14.5. The molecule has 0 spiro atoms. The van der Waals surface area contributed by atoms with Crippen LogP contribution in [0.5, 0.6) is 0 Å². The number of alkyl halides is 2. The molecule has 0 aromatic heterocycles. The van der Waals surface area contributed by atoms with Crippen LogP contribution in [0.2, 0.25) is 0 Å². The van der Waals surface area contributed by atoms with Crippen molar-refractivity contribution in [3.8, 4) is 0 Å². The Labute approximate surface area is 115 Å². The summed E-state index contributed by atoms with van der Waals surface area (Å²) in [6.45, 7) is 0.836. The molecule has 0 atom stereocenters. The highest BCUT2D eigenvalue weighted by molar-refractivity contribution is 6.06. The van der Waals surface area contributed by atoms with Crippen LogP contribution in [0, 0.1) is 0 Å². The Morgan fingerprint density at radius 3 is 2.80 bits per heavy atom. The largest absolute Gasteiger partial charge is 0.411 e. The minimum Gasteiger partial charge on any atom is -0.411 e.